The molecule has 0 saturated heterocycles. The number of rotatable bonds is 12. The van der Waals surface area contributed by atoms with Gasteiger partial charge in [-0.3, -0.25) is 0 Å². The van der Waals surface area contributed by atoms with E-state index in [4.69, 9.17) is 0 Å². The number of hydrogen-bond acceptors (Lipinski definition) is 8. The Kier molecular flexibility index (Phi) is 23.0. The van der Waals surface area contributed by atoms with Crippen molar-refractivity contribution in [2.45, 2.75) is 126 Å². The zero-order valence-electron chi connectivity index (χ0n) is 43.6. The van der Waals surface area contributed by atoms with Gasteiger partial charge in [0.15, 0.2) is 0 Å². The molecule has 0 aliphatic heterocycles. The number of phenolic OH excluding ortho intramolecular Hbond substituents is 4. The Morgan fingerprint density at radius 1 is 0.309 bits per heavy atom. The average molecular weight is 933 g/mol. The minimum Gasteiger partial charge on any atom is -0.508 e. The third-order valence-corrected chi connectivity index (χ3v) is 15.2. The van der Waals surface area contributed by atoms with Gasteiger partial charge in [-0.1, -0.05) is 99.9 Å². The molecule has 4 aliphatic rings. The van der Waals surface area contributed by atoms with Crippen molar-refractivity contribution in [2.24, 2.45) is 23.7 Å². The highest BCUT2D eigenvalue weighted by atomic mass is 16.3. The third kappa shape index (κ3) is 18.3. The van der Waals surface area contributed by atoms with Gasteiger partial charge < -0.3 is 40.0 Å². The highest BCUT2D eigenvalue weighted by molar-refractivity contribution is 5.33. The van der Waals surface area contributed by atoms with Crippen LogP contribution in [0, 0.1) is 23.7 Å². The van der Waals surface area contributed by atoms with Gasteiger partial charge in [0.2, 0.25) is 0 Å². The molecule has 0 unspecified atom stereocenters. The van der Waals surface area contributed by atoms with Crippen molar-refractivity contribution in [2.75, 3.05) is 82.6 Å². The molecule has 4 fully saturated rings. The summed E-state index contributed by atoms with van der Waals surface area (Å²) in [5.74, 6) is 7.04. The lowest BCUT2D eigenvalue weighted by atomic mass is 9.75. The molecule has 0 spiro atoms. The molecular formula is C60H92N4O4. The monoisotopic (exact) mass is 933 g/mol. The first kappa shape index (κ1) is 54.9. The van der Waals surface area contributed by atoms with E-state index < -0.39 is 0 Å². The summed E-state index contributed by atoms with van der Waals surface area (Å²) in [5, 5.41) is 38.4. The van der Waals surface area contributed by atoms with Crippen molar-refractivity contribution >= 4 is 0 Å². The summed E-state index contributed by atoms with van der Waals surface area (Å²) in [6.45, 7) is 4.61. The van der Waals surface area contributed by atoms with Crippen LogP contribution < -0.4 is 0 Å². The Morgan fingerprint density at radius 2 is 0.500 bits per heavy atom. The molecule has 8 atom stereocenters. The van der Waals surface area contributed by atoms with Gasteiger partial charge in [-0.15, -0.1) is 0 Å². The van der Waals surface area contributed by atoms with Gasteiger partial charge in [0.05, 0.1) is 0 Å². The summed E-state index contributed by atoms with van der Waals surface area (Å²) in [4.78, 5) is 9.13. The van der Waals surface area contributed by atoms with Gasteiger partial charge in [0.1, 0.15) is 23.0 Å². The molecule has 376 valence electrons. The number of aromatic hydroxyl groups is 4. The molecule has 4 aromatic carbocycles. The molecule has 0 radical (unpaired) electrons. The summed E-state index contributed by atoms with van der Waals surface area (Å²) in [5.41, 5.74) is 5.26. The second-order valence-electron chi connectivity index (χ2n) is 22.0. The van der Waals surface area contributed by atoms with Crippen LogP contribution in [-0.2, 0) is 0 Å². The van der Waals surface area contributed by atoms with Crippen LogP contribution in [0.2, 0.25) is 0 Å². The Balaban J connectivity index is 0.000000169. The number of nitrogens with zero attached hydrogens (tertiary/aromatic N) is 4. The number of benzene rings is 4. The fourth-order valence-corrected chi connectivity index (χ4v) is 12.4. The van der Waals surface area contributed by atoms with Gasteiger partial charge in [0, 0.05) is 26.2 Å². The summed E-state index contributed by atoms with van der Waals surface area (Å²) in [7, 11) is 17.2. The molecule has 8 nitrogen and oxygen atoms in total. The van der Waals surface area contributed by atoms with E-state index in [0.29, 0.717) is 46.7 Å². The topological polar surface area (TPSA) is 93.9 Å². The van der Waals surface area contributed by atoms with Crippen molar-refractivity contribution < 1.29 is 20.4 Å². The molecule has 0 amide bonds. The maximum Gasteiger partial charge on any atom is 0.115 e. The van der Waals surface area contributed by atoms with Crippen LogP contribution in [0.1, 0.15) is 149 Å². The molecule has 4 N–H and O–H groups in total. The minimum absolute atomic E-state index is 0.400. The third-order valence-electron chi connectivity index (χ3n) is 15.2. The van der Waals surface area contributed by atoms with Gasteiger partial charge in [-0.25, -0.2) is 0 Å². The van der Waals surface area contributed by atoms with E-state index in [-0.39, 0.29) is 0 Å². The van der Waals surface area contributed by atoms with Crippen LogP contribution in [0.25, 0.3) is 0 Å². The summed E-state index contributed by atoms with van der Waals surface area (Å²) >= 11 is 0. The number of hydrogen-bond donors (Lipinski definition) is 4. The van der Waals surface area contributed by atoms with E-state index in [2.05, 4.69) is 100 Å². The first-order chi connectivity index (χ1) is 32.7. The molecule has 0 aromatic heterocycles. The highest BCUT2D eigenvalue weighted by Gasteiger charge is 2.30. The Morgan fingerprint density at radius 3 is 0.676 bits per heavy atom. The van der Waals surface area contributed by atoms with Crippen LogP contribution in [0.3, 0.4) is 0 Å². The molecule has 0 heterocycles. The van der Waals surface area contributed by atoms with Crippen molar-refractivity contribution in [1.82, 2.24) is 19.6 Å². The van der Waals surface area contributed by atoms with Crippen molar-refractivity contribution in [3.8, 4) is 23.0 Å². The maximum atomic E-state index is 9.60. The Hall–Kier alpha value is -4.08. The molecule has 0 bridgehead atoms. The quantitative estimate of drug-likeness (QED) is 0.112. The largest absolute Gasteiger partial charge is 0.508 e. The van der Waals surface area contributed by atoms with Crippen molar-refractivity contribution in [1.29, 1.82) is 0 Å². The highest BCUT2D eigenvalue weighted by Crippen LogP contribution is 2.42. The standard InChI is InChI=1S/4C15H23NO/c4*1-16(2)11-13-6-3-4-9-15(13)12-7-5-8-14(17)10-12/h4*5,7-8,10,13,15,17H,3-4,6,9,11H2,1-2H3/t2*13-,15+;2*13-,15-/m1010/s1. The second-order valence-corrected chi connectivity index (χ2v) is 22.0. The average Bonchev–Trinajstić information content (AvgIpc) is 3.30. The predicted molar refractivity (Wildman–Crippen MR) is 285 cm³/mol. The van der Waals surface area contributed by atoms with Gasteiger partial charge >= 0.3 is 0 Å². The SMILES string of the molecule is CN(C)C[C@@H]1CCCC[C@@H]1c1cccc(O)c1.CN(C)C[C@@H]1CCCC[C@H]1c1cccc(O)c1.CN(C)C[C@H]1CCCC[C@@H]1c1cccc(O)c1.CN(C)C[C@H]1CCCC[C@H]1c1cccc(O)c1. The van der Waals surface area contributed by atoms with Gasteiger partial charge in [0.25, 0.3) is 0 Å². The predicted octanol–water partition coefficient (Wildman–Crippen LogP) is 12.9. The first-order valence-corrected chi connectivity index (χ1v) is 26.4. The van der Waals surface area contributed by atoms with Crippen LogP contribution in [0.4, 0.5) is 0 Å². The van der Waals surface area contributed by atoms with Crippen LogP contribution in [0.5, 0.6) is 23.0 Å². The van der Waals surface area contributed by atoms with Crippen molar-refractivity contribution in [3.05, 3.63) is 119 Å². The lowest BCUT2D eigenvalue weighted by molar-refractivity contribution is 0.233. The second kappa shape index (κ2) is 28.6. The summed E-state index contributed by atoms with van der Waals surface area (Å²) in [6.07, 6.45) is 21.0. The molecule has 8 heteroatoms. The fraction of sp³-hybridized carbons (Fsp3) is 0.600. The van der Waals surface area contributed by atoms with Gasteiger partial charge in [-0.05, 0) is 226 Å². The normalized spacial score (nSPS) is 25.1. The molecular weight excluding hydrogens is 841 g/mol. The van der Waals surface area contributed by atoms with E-state index in [1.807, 2.05) is 48.5 Å². The zero-order valence-corrected chi connectivity index (χ0v) is 43.6. The van der Waals surface area contributed by atoms with Crippen LogP contribution in [0.15, 0.2) is 97.1 Å². The first-order valence-electron chi connectivity index (χ1n) is 26.4. The van der Waals surface area contributed by atoms with Crippen LogP contribution >= 0.6 is 0 Å². The number of phenols is 4. The molecule has 68 heavy (non-hydrogen) atoms. The summed E-state index contributed by atoms with van der Waals surface area (Å²) < 4.78 is 0. The van der Waals surface area contributed by atoms with E-state index in [0.717, 1.165) is 49.9 Å². The van der Waals surface area contributed by atoms with Crippen LogP contribution in [-0.4, -0.2) is 123 Å². The molecule has 4 aliphatic carbocycles. The Bertz CT molecular complexity index is 1730. The minimum atomic E-state index is 0.400. The molecule has 8 rings (SSSR count). The summed E-state index contributed by atoms with van der Waals surface area (Å²) in [6, 6.07) is 31.3. The van der Waals surface area contributed by atoms with E-state index in [9.17, 15) is 20.4 Å². The molecule has 4 aromatic rings. The lowest BCUT2D eigenvalue weighted by Gasteiger charge is -2.33. The van der Waals surface area contributed by atoms with Crippen molar-refractivity contribution in [3.63, 3.8) is 0 Å². The van der Waals surface area contributed by atoms with Gasteiger partial charge in [-0.2, -0.15) is 0 Å². The molecule has 4 saturated carbocycles. The zero-order chi connectivity index (χ0) is 49.0. The smallest absolute Gasteiger partial charge is 0.115 e. The Labute approximate surface area is 413 Å². The lowest BCUT2D eigenvalue weighted by Crippen LogP contribution is -2.28. The van der Waals surface area contributed by atoms with E-state index in [1.165, 1.54) is 125 Å². The fourth-order valence-electron chi connectivity index (χ4n) is 12.4. The maximum absolute atomic E-state index is 9.60. The van der Waals surface area contributed by atoms with E-state index >= 15 is 0 Å². The van der Waals surface area contributed by atoms with E-state index in [1.54, 1.807) is 24.3 Å².